The Kier molecular flexibility index (Phi) is 9.14. The van der Waals surface area contributed by atoms with Gasteiger partial charge in [0.25, 0.3) is 0 Å². The van der Waals surface area contributed by atoms with Gasteiger partial charge in [0, 0.05) is 17.3 Å². The van der Waals surface area contributed by atoms with Crippen molar-refractivity contribution >= 4 is 34.0 Å². The number of hydrogen-bond acceptors (Lipinski definition) is 4. The van der Waals surface area contributed by atoms with Gasteiger partial charge in [-0.25, -0.2) is 5.43 Å². The fourth-order valence-corrected chi connectivity index (χ4v) is 2.25. The number of nitrogens with one attached hydrogen (secondary N) is 1. The van der Waals surface area contributed by atoms with E-state index >= 15 is 0 Å². The lowest BCUT2D eigenvalue weighted by atomic mass is 10.1. The molecule has 1 N–H and O–H groups in total. The van der Waals surface area contributed by atoms with Crippen molar-refractivity contribution in [1.29, 1.82) is 0 Å². The van der Waals surface area contributed by atoms with Gasteiger partial charge >= 0.3 is 5.97 Å². The van der Waals surface area contributed by atoms with Crippen molar-refractivity contribution in [3.63, 3.8) is 0 Å². The molecule has 0 unspecified atom stereocenters. The van der Waals surface area contributed by atoms with E-state index in [0.717, 1.165) is 35.7 Å². The third-order valence-electron chi connectivity index (χ3n) is 3.01. The Morgan fingerprint density at radius 1 is 1.23 bits per heavy atom. The van der Waals surface area contributed by atoms with Gasteiger partial charge in [-0.15, -0.1) is 0 Å². The molecule has 0 saturated heterocycles. The van der Waals surface area contributed by atoms with Crippen LogP contribution < -0.4 is 5.43 Å². The summed E-state index contributed by atoms with van der Waals surface area (Å²) >= 11 is 3.37. The fraction of sp³-hybridized carbons (Fsp3) is 0.438. The van der Waals surface area contributed by atoms with E-state index in [1.807, 2.05) is 24.3 Å². The van der Waals surface area contributed by atoms with Crippen molar-refractivity contribution in [3.05, 3.63) is 34.3 Å². The SMILES string of the molecule is COC(=O)CCCCCCC(=O)N/N=C/c1cccc(Br)c1. The van der Waals surface area contributed by atoms with Crippen LogP contribution in [0.15, 0.2) is 33.8 Å². The first-order valence-corrected chi connectivity index (χ1v) is 8.05. The minimum Gasteiger partial charge on any atom is -0.469 e. The molecule has 22 heavy (non-hydrogen) atoms. The number of unbranched alkanes of at least 4 members (excludes halogenated alkanes) is 3. The Balaban J connectivity index is 2.10. The second kappa shape index (κ2) is 11.0. The normalized spacial score (nSPS) is 10.6. The van der Waals surface area contributed by atoms with Gasteiger partial charge in [0.2, 0.25) is 5.91 Å². The minimum absolute atomic E-state index is 0.0979. The standard InChI is InChI=1S/C16H21BrN2O3/c1-22-16(21)10-5-3-2-4-9-15(20)19-18-12-13-7-6-8-14(17)11-13/h6-8,11-12H,2-5,9-10H2,1H3,(H,19,20)/b18-12+. The number of halogens is 1. The van der Waals surface area contributed by atoms with Crippen molar-refractivity contribution in [2.75, 3.05) is 7.11 Å². The number of carbonyl (C=O) groups excluding carboxylic acids is 2. The maximum absolute atomic E-state index is 11.6. The Morgan fingerprint density at radius 3 is 2.64 bits per heavy atom. The number of rotatable bonds is 9. The van der Waals surface area contributed by atoms with Crippen LogP contribution in [0.3, 0.4) is 0 Å². The number of methoxy groups -OCH3 is 1. The Bertz CT molecular complexity index is 518. The zero-order valence-corrected chi connectivity index (χ0v) is 14.3. The number of carbonyl (C=O) groups is 2. The summed E-state index contributed by atoms with van der Waals surface area (Å²) in [6, 6.07) is 7.65. The highest BCUT2D eigenvalue weighted by atomic mass is 79.9. The topological polar surface area (TPSA) is 67.8 Å². The molecule has 0 atom stereocenters. The number of benzene rings is 1. The van der Waals surface area contributed by atoms with E-state index in [1.54, 1.807) is 6.21 Å². The van der Waals surface area contributed by atoms with E-state index < -0.39 is 0 Å². The van der Waals surface area contributed by atoms with Crippen LogP contribution in [-0.2, 0) is 14.3 Å². The smallest absolute Gasteiger partial charge is 0.305 e. The Morgan fingerprint density at radius 2 is 1.95 bits per heavy atom. The summed E-state index contributed by atoms with van der Waals surface area (Å²) in [4.78, 5) is 22.5. The number of esters is 1. The number of nitrogens with zero attached hydrogens (tertiary/aromatic N) is 1. The van der Waals surface area contributed by atoms with Crippen molar-refractivity contribution in [2.24, 2.45) is 5.10 Å². The lowest BCUT2D eigenvalue weighted by Gasteiger charge is -2.01. The Labute approximate surface area is 139 Å². The van der Waals surface area contributed by atoms with Gasteiger partial charge in [-0.1, -0.05) is 40.9 Å². The zero-order chi connectivity index (χ0) is 16.2. The average Bonchev–Trinajstić information content (AvgIpc) is 2.50. The molecule has 0 spiro atoms. The maximum atomic E-state index is 11.6. The molecule has 0 fully saturated rings. The van der Waals surface area contributed by atoms with Crippen LogP contribution in [0.4, 0.5) is 0 Å². The summed E-state index contributed by atoms with van der Waals surface area (Å²) in [7, 11) is 1.39. The lowest BCUT2D eigenvalue weighted by Crippen LogP contribution is -2.16. The number of hydrazone groups is 1. The quantitative estimate of drug-likeness (QED) is 0.314. The molecule has 0 heterocycles. The summed E-state index contributed by atoms with van der Waals surface area (Å²) in [6.45, 7) is 0. The predicted molar refractivity (Wildman–Crippen MR) is 89.6 cm³/mol. The molecule has 1 rings (SSSR count). The number of hydrogen-bond donors (Lipinski definition) is 1. The zero-order valence-electron chi connectivity index (χ0n) is 12.7. The lowest BCUT2D eigenvalue weighted by molar-refractivity contribution is -0.140. The molecule has 0 aliphatic carbocycles. The second-order valence-corrected chi connectivity index (χ2v) is 5.75. The van der Waals surface area contributed by atoms with Crippen LogP contribution in [0.5, 0.6) is 0 Å². The van der Waals surface area contributed by atoms with E-state index in [9.17, 15) is 9.59 Å². The number of amides is 1. The molecule has 0 saturated carbocycles. The second-order valence-electron chi connectivity index (χ2n) is 4.84. The molecule has 0 aliphatic rings. The molecular formula is C16H21BrN2O3. The first-order chi connectivity index (χ1) is 10.6. The van der Waals surface area contributed by atoms with Crippen LogP contribution >= 0.6 is 15.9 Å². The van der Waals surface area contributed by atoms with Crippen LogP contribution in [-0.4, -0.2) is 25.2 Å². The molecule has 0 aliphatic heterocycles. The highest BCUT2D eigenvalue weighted by molar-refractivity contribution is 9.10. The van der Waals surface area contributed by atoms with Crippen LogP contribution in [0.2, 0.25) is 0 Å². The molecule has 6 heteroatoms. The summed E-state index contributed by atoms with van der Waals surface area (Å²) in [5.41, 5.74) is 3.42. The largest absolute Gasteiger partial charge is 0.469 e. The van der Waals surface area contributed by atoms with Gasteiger partial charge in [-0.3, -0.25) is 9.59 Å². The first kappa shape index (κ1) is 18.4. The van der Waals surface area contributed by atoms with Crippen molar-refractivity contribution in [2.45, 2.75) is 38.5 Å². The third kappa shape index (κ3) is 8.56. The van der Waals surface area contributed by atoms with E-state index in [2.05, 4.69) is 31.2 Å². The fourth-order valence-electron chi connectivity index (χ4n) is 1.83. The summed E-state index contributed by atoms with van der Waals surface area (Å²) in [6.07, 6.45) is 5.92. The maximum Gasteiger partial charge on any atom is 0.305 e. The highest BCUT2D eigenvalue weighted by Gasteiger charge is 2.01. The van der Waals surface area contributed by atoms with E-state index in [1.165, 1.54) is 7.11 Å². The van der Waals surface area contributed by atoms with Gasteiger partial charge in [0.05, 0.1) is 13.3 Å². The molecule has 0 radical (unpaired) electrons. The average molecular weight is 369 g/mol. The van der Waals surface area contributed by atoms with Gasteiger partial charge in [0.15, 0.2) is 0 Å². The molecule has 0 aromatic heterocycles. The molecule has 5 nitrogen and oxygen atoms in total. The van der Waals surface area contributed by atoms with Crippen LogP contribution in [0.25, 0.3) is 0 Å². The van der Waals surface area contributed by atoms with Gasteiger partial charge in [-0.05, 0) is 30.5 Å². The third-order valence-corrected chi connectivity index (χ3v) is 3.51. The Hall–Kier alpha value is -1.69. The molecule has 0 bridgehead atoms. The minimum atomic E-state index is -0.181. The van der Waals surface area contributed by atoms with Crippen molar-refractivity contribution in [1.82, 2.24) is 5.43 Å². The van der Waals surface area contributed by atoms with E-state index in [0.29, 0.717) is 12.8 Å². The monoisotopic (exact) mass is 368 g/mol. The molecule has 1 aromatic rings. The van der Waals surface area contributed by atoms with Crippen LogP contribution in [0.1, 0.15) is 44.1 Å². The van der Waals surface area contributed by atoms with Crippen molar-refractivity contribution in [3.8, 4) is 0 Å². The summed E-state index contributed by atoms with van der Waals surface area (Å²) in [5, 5.41) is 3.93. The summed E-state index contributed by atoms with van der Waals surface area (Å²) in [5.74, 6) is -0.279. The summed E-state index contributed by atoms with van der Waals surface area (Å²) < 4.78 is 5.53. The molecule has 1 aromatic carbocycles. The first-order valence-electron chi connectivity index (χ1n) is 7.26. The number of ether oxygens (including phenoxy) is 1. The van der Waals surface area contributed by atoms with Gasteiger partial charge in [0.1, 0.15) is 0 Å². The molecular weight excluding hydrogens is 348 g/mol. The van der Waals surface area contributed by atoms with Crippen LogP contribution in [0, 0.1) is 0 Å². The molecule has 1 amide bonds. The molecule has 120 valence electrons. The van der Waals surface area contributed by atoms with Gasteiger partial charge < -0.3 is 4.74 Å². The highest BCUT2D eigenvalue weighted by Crippen LogP contribution is 2.10. The van der Waals surface area contributed by atoms with E-state index in [4.69, 9.17) is 0 Å². The van der Waals surface area contributed by atoms with Crippen molar-refractivity contribution < 1.29 is 14.3 Å². The van der Waals surface area contributed by atoms with E-state index in [-0.39, 0.29) is 11.9 Å². The van der Waals surface area contributed by atoms with Gasteiger partial charge in [-0.2, -0.15) is 5.10 Å². The predicted octanol–water partition coefficient (Wildman–Crippen LogP) is 3.41.